The molecule has 2 aromatic rings. The maximum Gasteiger partial charge on any atom is 0.298 e. The Kier molecular flexibility index (Phi) is 4.86. The highest BCUT2D eigenvalue weighted by molar-refractivity contribution is 6.03. The molecule has 0 saturated carbocycles. The first-order chi connectivity index (χ1) is 12.7. The van der Waals surface area contributed by atoms with Crippen molar-refractivity contribution in [3.05, 3.63) is 59.5 Å². The van der Waals surface area contributed by atoms with E-state index in [0.717, 1.165) is 30.1 Å². The zero-order valence-electron chi connectivity index (χ0n) is 15.0. The summed E-state index contributed by atoms with van der Waals surface area (Å²) in [6.07, 6.45) is 2.32. The Morgan fingerprint density at radius 1 is 1.23 bits per heavy atom. The lowest BCUT2D eigenvalue weighted by molar-refractivity contribution is -0.900. The van der Waals surface area contributed by atoms with Gasteiger partial charge in [0, 0.05) is 6.42 Å². The normalized spacial score (nSPS) is 21.0. The molecule has 6 heteroatoms. The topological polar surface area (TPSA) is 59.5 Å². The molecule has 1 aromatic carbocycles. The van der Waals surface area contributed by atoms with Crippen LogP contribution < -0.4 is 4.90 Å². The predicted octanol–water partition coefficient (Wildman–Crippen LogP) is 1.18. The van der Waals surface area contributed by atoms with Crippen LogP contribution in [0.4, 0.5) is 0 Å². The Morgan fingerprint density at radius 2 is 2.00 bits per heavy atom. The molecule has 1 aromatic heterocycles. The number of furan rings is 1. The third-order valence-electron chi connectivity index (χ3n) is 5.02. The van der Waals surface area contributed by atoms with Gasteiger partial charge in [0.15, 0.2) is 6.54 Å². The van der Waals surface area contributed by atoms with Crippen LogP contribution in [0.5, 0.6) is 0 Å². The van der Waals surface area contributed by atoms with Crippen LogP contribution in [0.25, 0.3) is 0 Å². The number of aryl methyl sites for hydroxylation is 1. The smallest absolute Gasteiger partial charge is 0.298 e. The number of hydrazone groups is 1. The molecule has 1 amide bonds. The van der Waals surface area contributed by atoms with Gasteiger partial charge in [0.2, 0.25) is 0 Å². The van der Waals surface area contributed by atoms with E-state index >= 15 is 0 Å². The zero-order chi connectivity index (χ0) is 17.9. The molecule has 1 N–H and O–H groups in total. The van der Waals surface area contributed by atoms with Crippen LogP contribution >= 0.6 is 0 Å². The van der Waals surface area contributed by atoms with E-state index in [9.17, 15) is 4.79 Å². The molecule has 1 saturated heterocycles. The number of hydrogen-bond donors (Lipinski definition) is 1. The van der Waals surface area contributed by atoms with Crippen molar-refractivity contribution in [1.82, 2.24) is 5.01 Å². The molecule has 0 aliphatic carbocycles. The van der Waals surface area contributed by atoms with Gasteiger partial charge >= 0.3 is 0 Å². The van der Waals surface area contributed by atoms with Crippen LogP contribution in [0.15, 0.2) is 52.2 Å². The van der Waals surface area contributed by atoms with Crippen molar-refractivity contribution >= 4 is 11.6 Å². The average molecular weight is 354 g/mol. The maximum absolute atomic E-state index is 13.0. The van der Waals surface area contributed by atoms with Crippen molar-refractivity contribution in [2.45, 2.75) is 19.4 Å². The van der Waals surface area contributed by atoms with Gasteiger partial charge < -0.3 is 14.1 Å². The second kappa shape index (κ2) is 7.43. The minimum absolute atomic E-state index is 0.0328. The molecular weight excluding hydrogens is 330 g/mol. The summed E-state index contributed by atoms with van der Waals surface area (Å²) in [5.41, 5.74) is 3.19. The number of benzene rings is 1. The molecule has 136 valence electrons. The van der Waals surface area contributed by atoms with Gasteiger partial charge in [-0.25, -0.2) is 5.01 Å². The molecule has 0 radical (unpaired) electrons. The molecule has 0 bridgehead atoms. The van der Waals surface area contributed by atoms with Gasteiger partial charge in [0.1, 0.15) is 24.9 Å². The fourth-order valence-electron chi connectivity index (χ4n) is 3.49. The first-order valence-corrected chi connectivity index (χ1v) is 9.12. The number of carbonyl (C=O) groups excluding carboxylic acids is 1. The maximum atomic E-state index is 13.0. The number of nitrogens with zero attached hydrogens (tertiary/aromatic N) is 2. The van der Waals surface area contributed by atoms with Crippen molar-refractivity contribution in [2.24, 2.45) is 5.10 Å². The summed E-state index contributed by atoms with van der Waals surface area (Å²) in [4.78, 5) is 14.2. The Bertz CT molecular complexity index is 777. The second-order valence-electron chi connectivity index (χ2n) is 6.93. The number of amides is 1. The lowest BCUT2D eigenvalue weighted by atomic mass is 10.0. The molecule has 4 rings (SSSR count). The highest BCUT2D eigenvalue weighted by atomic mass is 16.5. The summed E-state index contributed by atoms with van der Waals surface area (Å²) < 4.78 is 11.0. The zero-order valence-corrected chi connectivity index (χ0v) is 15.0. The third-order valence-corrected chi connectivity index (χ3v) is 5.02. The fourth-order valence-corrected chi connectivity index (χ4v) is 3.49. The van der Waals surface area contributed by atoms with Gasteiger partial charge in [-0.15, -0.1) is 0 Å². The van der Waals surface area contributed by atoms with Crippen molar-refractivity contribution < 1.29 is 18.8 Å². The summed E-state index contributed by atoms with van der Waals surface area (Å²) in [5, 5.41) is 6.31. The number of hydrogen-bond acceptors (Lipinski definition) is 4. The van der Waals surface area contributed by atoms with Crippen molar-refractivity contribution in [3.8, 4) is 0 Å². The molecular formula is C20H24N3O3+. The summed E-state index contributed by atoms with van der Waals surface area (Å²) in [7, 11) is 0. The predicted molar refractivity (Wildman–Crippen MR) is 97.0 cm³/mol. The van der Waals surface area contributed by atoms with Crippen LogP contribution in [0, 0.1) is 6.92 Å². The molecule has 6 nitrogen and oxygen atoms in total. The number of morpholine rings is 1. The highest BCUT2D eigenvalue weighted by Crippen LogP contribution is 2.32. The monoisotopic (exact) mass is 354 g/mol. The van der Waals surface area contributed by atoms with E-state index < -0.39 is 0 Å². The van der Waals surface area contributed by atoms with Crippen molar-refractivity contribution in [3.63, 3.8) is 0 Å². The van der Waals surface area contributed by atoms with Crippen LogP contribution in [0.3, 0.4) is 0 Å². The molecule has 2 aliphatic heterocycles. The van der Waals surface area contributed by atoms with Gasteiger partial charge in [-0.05, 0) is 24.6 Å². The van der Waals surface area contributed by atoms with Crippen molar-refractivity contribution in [1.29, 1.82) is 0 Å². The lowest BCUT2D eigenvalue weighted by Crippen LogP contribution is -3.15. The van der Waals surface area contributed by atoms with Gasteiger partial charge in [0.05, 0.1) is 25.2 Å². The Balaban J connectivity index is 1.56. The Hall–Kier alpha value is -2.44. The number of rotatable bonds is 4. The van der Waals surface area contributed by atoms with Gasteiger partial charge in [-0.1, -0.05) is 29.8 Å². The van der Waals surface area contributed by atoms with Gasteiger partial charge in [-0.2, -0.15) is 5.10 Å². The van der Waals surface area contributed by atoms with E-state index in [1.807, 2.05) is 12.1 Å². The first kappa shape index (κ1) is 17.0. The van der Waals surface area contributed by atoms with Gasteiger partial charge in [-0.3, -0.25) is 4.79 Å². The van der Waals surface area contributed by atoms with Crippen LogP contribution in [-0.2, 0) is 9.53 Å². The SMILES string of the molecule is Cc1ccc(C2=NN(C(=O)C[NH+]3CCOCC3)[C@H](c3ccco3)C2)cc1. The average Bonchev–Trinajstić information content (AvgIpc) is 3.33. The van der Waals surface area contributed by atoms with E-state index in [1.54, 1.807) is 11.3 Å². The van der Waals surface area contributed by atoms with Crippen LogP contribution in [0.2, 0.25) is 0 Å². The standard InChI is InChI=1S/C20H23N3O3/c1-15-4-6-16(7-5-15)17-13-18(19-3-2-10-26-19)23(21-17)20(24)14-22-8-11-25-12-9-22/h2-7,10,18H,8-9,11-14H2,1H3/p+1/t18-/m0/s1. The Labute approximate surface area is 153 Å². The number of nitrogens with one attached hydrogen (secondary N) is 1. The molecule has 1 atom stereocenters. The third kappa shape index (κ3) is 3.57. The number of quaternary nitrogens is 1. The largest absolute Gasteiger partial charge is 0.467 e. The Morgan fingerprint density at radius 3 is 2.69 bits per heavy atom. The molecule has 1 fully saturated rings. The minimum atomic E-state index is -0.172. The van der Waals surface area contributed by atoms with E-state index in [0.29, 0.717) is 26.2 Å². The van der Waals surface area contributed by atoms with E-state index in [-0.39, 0.29) is 11.9 Å². The van der Waals surface area contributed by atoms with Crippen LogP contribution in [0.1, 0.15) is 29.3 Å². The summed E-state index contributed by atoms with van der Waals surface area (Å²) in [6.45, 7) is 5.64. The van der Waals surface area contributed by atoms with Crippen LogP contribution in [-0.4, -0.2) is 49.5 Å². The number of carbonyl (C=O) groups is 1. The number of ether oxygens (including phenoxy) is 1. The van der Waals surface area contributed by atoms with E-state index in [2.05, 4.69) is 36.3 Å². The van der Waals surface area contributed by atoms with Gasteiger partial charge in [0.25, 0.3) is 5.91 Å². The first-order valence-electron chi connectivity index (χ1n) is 9.12. The quantitative estimate of drug-likeness (QED) is 0.897. The summed E-state index contributed by atoms with van der Waals surface area (Å²) >= 11 is 0. The highest BCUT2D eigenvalue weighted by Gasteiger charge is 2.36. The fraction of sp³-hybridized carbons (Fsp3) is 0.400. The summed E-state index contributed by atoms with van der Waals surface area (Å²) in [5.74, 6) is 0.812. The molecule has 2 aliphatic rings. The minimum Gasteiger partial charge on any atom is -0.467 e. The molecule has 0 unspecified atom stereocenters. The van der Waals surface area contributed by atoms with Crippen molar-refractivity contribution in [2.75, 3.05) is 32.8 Å². The van der Waals surface area contributed by atoms with E-state index in [1.165, 1.54) is 10.5 Å². The molecule has 3 heterocycles. The second-order valence-corrected chi connectivity index (χ2v) is 6.93. The summed E-state index contributed by atoms with van der Waals surface area (Å²) in [6, 6.07) is 11.9. The molecule has 0 spiro atoms. The molecule has 26 heavy (non-hydrogen) atoms. The lowest BCUT2D eigenvalue weighted by Gasteiger charge is -2.26. The van der Waals surface area contributed by atoms with E-state index in [4.69, 9.17) is 9.15 Å².